The second-order valence-electron chi connectivity index (χ2n) is 3.06. The summed E-state index contributed by atoms with van der Waals surface area (Å²) < 4.78 is 4.87. The lowest BCUT2D eigenvalue weighted by Gasteiger charge is -2.11. The van der Waals surface area contributed by atoms with Gasteiger partial charge in [-0.15, -0.1) is 0 Å². The molecule has 2 amide bonds. The van der Waals surface area contributed by atoms with Crippen molar-refractivity contribution in [2.75, 3.05) is 26.9 Å². The maximum Gasteiger partial charge on any atom is 0.338 e. The zero-order chi connectivity index (χ0) is 11.7. The number of carboxylic acids is 1. The highest BCUT2D eigenvalue weighted by molar-refractivity contribution is 5.73. The van der Waals surface area contributed by atoms with Gasteiger partial charge in [-0.2, -0.15) is 0 Å². The van der Waals surface area contributed by atoms with Crippen LogP contribution in [0.5, 0.6) is 0 Å². The van der Waals surface area contributed by atoms with Crippen molar-refractivity contribution in [1.82, 2.24) is 10.8 Å². The van der Waals surface area contributed by atoms with Gasteiger partial charge in [0.15, 0.2) is 6.61 Å². The van der Waals surface area contributed by atoms with Gasteiger partial charge in [-0.1, -0.05) is 6.92 Å². The number of urea groups is 1. The van der Waals surface area contributed by atoms with Gasteiger partial charge in [0.25, 0.3) is 0 Å². The van der Waals surface area contributed by atoms with E-state index in [-0.39, 0.29) is 5.92 Å². The molecule has 0 aliphatic rings. The van der Waals surface area contributed by atoms with Crippen molar-refractivity contribution >= 4 is 12.0 Å². The van der Waals surface area contributed by atoms with Gasteiger partial charge in [-0.3, -0.25) is 4.84 Å². The molecule has 88 valence electrons. The number of carboxylic acid groups (broad SMARTS) is 1. The summed E-state index contributed by atoms with van der Waals surface area (Å²) in [6, 6.07) is -0.570. The number of methoxy groups -OCH3 is 1. The summed E-state index contributed by atoms with van der Waals surface area (Å²) in [6.45, 7) is 2.30. The highest BCUT2D eigenvalue weighted by atomic mass is 16.7. The number of hydroxylamine groups is 1. The summed E-state index contributed by atoms with van der Waals surface area (Å²) in [5, 5.41) is 10.7. The van der Waals surface area contributed by atoms with Gasteiger partial charge in [0.05, 0.1) is 6.61 Å². The van der Waals surface area contributed by atoms with Crippen LogP contribution < -0.4 is 10.8 Å². The van der Waals surface area contributed by atoms with Crippen LogP contribution in [0.15, 0.2) is 0 Å². The molecule has 0 fully saturated rings. The second kappa shape index (κ2) is 8.01. The van der Waals surface area contributed by atoms with Crippen molar-refractivity contribution in [3.05, 3.63) is 0 Å². The minimum Gasteiger partial charge on any atom is -0.479 e. The maximum absolute atomic E-state index is 11.0. The molecule has 0 radical (unpaired) electrons. The molecular weight excluding hydrogens is 204 g/mol. The van der Waals surface area contributed by atoms with E-state index >= 15 is 0 Å². The number of nitrogens with one attached hydrogen (secondary N) is 2. The number of carbonyl (C=O) groups excluding carboxylic acids is 1. The Balaban J connectivity index is 3.44. The first-order chi connectivity index (χ1) is 7.06. The topological polar surface area (TPSA) is 96.9 Å². The average Bonchev–Trinajstić information content (AvgIpc) is 2.14. The number of hydrogen-bond donors (Lipinski definition) is 3. The summed E-state index contributed by atoms with van der Waals surface area (Å²) >= 11 is 0. The first-order valence-corrected chi connectivity index (χ1v) is 4.42. The zero-order valence-electron chi connectivity index (χ0n) is 8.78. The monoisotopic (exact) mass is 220 g/mol. The molecule has 7 nitrogen and oxygen atoms in total. The highest BCUT2D eigenvalue weighted by Gasteiger charge is 2.05. The Morgan fingerprint density at radius 3 is 2.67 bits per heavy atom. The maximum atomic E-state index is 11.0. The van der Waals surface area contributed by atoms with E-state index in [0.717, 1.165) is 0 Å². The fourth-order valence-corrected chi connectivity index (χ4v) is 0.810. The van der Waals surface area contributed by atoms with Crippen molar-refractivity contribution in [2.24, 2.45) is 5.92 Å². The number of rotatable bonds is 7. The fraction of sp³-hybridized carbons (Fsp3) is 0.750. The van der Waals surface area contributed by atoms with Crippen LogP contribution in [0.3, 0.4) is 0 Å². The first kappa shape index (κ1) is 13.7. The molecule has 1 atom stereocenters. The predicted molar refractivity (Wildman–Crippen MR) is 51.2 cm³/mol. The summed E-state index contributed by atoms with van der Waals surface area (Å²) in [5.41, 5.74) is 1.94. The molecule has 7 heteroatoms. The van der Waals surface area contributed by atoms with Crippen molar-refractivity contribution in [1.29, 1.82) is 0 Å². The molecule has 0 aliphatic heterocycles. The Kier molecular flexibility index (Phi) is 7.29. The Morgan fingerprint density at radius 2 is 2.13 bits per heavy atom. The van der Waals surface area contributed by atoms with E-state index in [0.29, 0.717) is 13.2 Å². The average molecular weight is 220 g/mol. The zero-order valence-corrected chi connectivity index (χ0v) is 8.78. The van der Waals surface area contributed by atoms with Gasteiger partial charge in [0.2, 0.25) is 0 Å². The lowest BCUT2D eigenvalue weighted by Crippen LogP contribution is -2.39. The molecule has 0 aromatic rings. The van der Waals surface area contributed by atoms with Gasteiger partial charge in [0.1, 0.15) is 0 Å². The largest absolute Gasteiger partial charge is 0.479 e. The van der Waals surface area contributed by atoms with E-state index in [4.69, 9.17) is 9.84 Å². The normalized spacial score (nSPS) is 11.9. The Labute approximate surface area is 87.7 Å². The molecule has 0 aromatic heterocycles. The van der Waals surface area contributed by atoms with E-state index in [1.165, 1.54) is 0 Å². The molecular formula is C8H16N2O5. The lowest BCUT2D eigenvalue weighted by atomic mass is 10.2. The lowest BCUT2D eigenvalue weighted by molar-refractivity contribution is -0.144. The highest BCUT2D eigenvalue weighted by Crippen LogP contribution is 1.91. The van der Waals surface area contributed by atoms with E-state index in [1.54, 1.807) is 7.11 Å². The minimum absolute atomic E-state index is 0.181. The van der Waals surface area contributed by atoms with Crippen LogP contribution >= 0.6 is 0 Å². The molecule has 0 aliphatic carbocycles. The van der Waals surface area contributed by atoms with E-state index < -0.39 is 18.6 Å². The number of carbonyl (C=O) groups is 2. The number of amides is 2. The smallest absolute Gasteiger partial charge is 0.338 e. The van der Waals surface area contributed by atoms with Gasteiger partial charge in [-0.25, -0.2) is 15.1 Å². The first-order valence-electron chi connectivity index (χ1n) is 4.42. The van der Waals surface area contributed by atoms with E-state index in [9.17, 15) is 9.59 Å². The molecule has 0 bridgehead atoms. The third-order valence-electron chi connectivity index (χ3n) is 1.42. The fourth-order valence-electron chi connectivity index (χ4n) is 0.810. The SMILES string of the molecule is COCC(C)CNC(=O)NOCC(=O)O. The number of ether oxygens (including phenoxy) is 1. The minimum atomic E-state index is -1.15. The Bertz CT molecular complexity index is 209. The molecule has 1 unspecified atom stereocenters. The van der Waals surface area contributed by atoms with Crippen LogP contribution in [-0.2, 0) is 14.4 Å². The van der Waals surface area contributed by atoms with Crippen LogP contribution in [0.25, 0.3) is 0 Å². The third kappa shape index (κ3) is 8.98. The van der Waals surface area contributed by atoms with E-state index in [1.807, 2.05) is 12.4 Å². The van der Waals surface area contributed by atoms with Crippen molar-refractivity contribution in [2.45, 2.75) is 6.92 Å². The van der Waals surface area contributed by atoms with Crippen LogP contribution in [0, 0.1) is 5.92 Å². The molecule has 15 heavy (non-hydrogen) atoms. The standard InChI is InChI=1S/C8H16N2O5/c1-6(4-14-2)3-9-8(13)10-15-5-7(11)12/h6H,3-5H2,1-2H3,(H,11,12)(H2,9,10,13). The van der Waals surface area contributed by atoms with Gasteiger partial charge < -0.3 is 15.2 Å². The molecule has 0 saturated heterocycles. The summed E-state index contributed by atoms with van der Waals surface area (Å²) in [7, 11) is 1.58. The van der Waals surface area contributed by atoms with Crippen LogP contribution in [0.2, 0.25) is 0 Å². The van der Waals surface area contributed by atoms with Gasteiger partial charge >= 0.3 is 12.0 Å². The molecule has 0 saturated carbocycles. The van der Waals surface area contributed by atoms with Crippen LogP contribution in [0.1, 0.15) is 6.92 Å². The second-order valence-corrected chi connectivity index (χ2v) is 3.06. The molecule has 0 heterocycles. The summed E-state index contributed by atoms with van der Waals surface area (Å²) in [4.78, 5) is 25.3. The molecule has 0 rings (SSSR count). The predicted octanol–water partition coefficient (Wildman–Crippen LogP) is -0.416. The van der Waals surface area contributed by atoms with Crippen LogP contribution in [0.4, 0.5) is 4.79 Å². The molecule has 3 N–H and O–H groups in total. The number of aliphatic carboxylic acids is 1. The van der Waals surface area contributed by atoms with Crippen molar-refractivity contribution < 1.29 is 24.3 Å². The quantitative estimate of drug-likeness (QED) is 0.506. The summed E-state index contributed by atoms with van der Waals surface area (Å²) in [6.07, 6.45) is 0. The van der Waals surface area contributed by atoms with E-state index in [2.05, 4.69) is 10.2 Å². The third-order valence-corrected chi connectivity index (χ3v) is 1.42. The molecule has 0 spiro atoms. The van der Waals surface area contributed by atoms with Crippen LogP contribution in [-0.4, -0.2) is 44.0 Å². The Morgan fingerprint density at radius 1 is 1.47 bits per heavy atom. The number of hydrogen-bond acceptors (Lipinski definition) is 4. The van der Waals surface area contributed by atoms with Crippen molar-refractivity contribution in [3.63, 3.8) is 0 Å². The van der Waals surface area contributed by atoms with Gasteiger partial charge in [0, 0.05) is 13.7 Å². The van der Waals surface area contributed by atoms with Crippen molar-refractivity contribution in [3.8, 4) is 0 Å². The summed E-state index contributed by atoms with van der Waals surface area (Å²) in [5.74, 6) is -0.969. The Hall–Kier alpha value is -1.34. The molecule has 0 aromatic carbocycles. The van der Waals surface area contributed by atoms with Gasteiger partial charge in [-0.05, 0) is 5.92 Å².